The van der Waals surface area contributed by atoms with E-state index in [-0.39, 0.29) is 0 Å². The van der Waals surface area contributed by atoms with Crippen LogP contribution in [0.1, 0.15) is 31.3 Å². The Bertz CT molecular complexity index is 696. The van der Waals surface area contributed by atoms with Crippen molar-refractivity contribution in [2.75, 3.05) is 31.1 Å². The van der Waals surface area contributed by atoms with Gasteiger partial charge in [0.05, 0.1) is 6.54 Å². The lowest BCUT2D eigenvalue weighted by molar-refractivity contribution is 0.297. The van der Waals surface area contributed by atoms with Gasteiger partial charge in [0.1, 0.15) is 24.3 Å². The summed E-state index contributed by atoms with van der Waals surface area (Å²) >= 11 is 0. The van der Waals surface area contributed by atoms with Crippen LogP contribution in [0.15, 0.2) is 18.7 Å². The molecule has 2 aromatic heterocycles. The molecule has 2 aliphatic rings. The molecule has 2 fully saturated rings. The molecule has 2 saturated heterocycles. The molecule has 0 amide bonds. The molecule has 2 aromatic rings. The smallest absolute Gasteiger partial charge is 0.146 e. The second-order valence-electron chi connectivity index (χ2n) is 7.43. The lowest BCUT2D eigenvalue weighted by Crippen LogP contribution is -2.29. The van der Waals surface area contributed by atoms with Crippen LogP contribution >= 0.6 is 0 Å². The standard InChI is InChI=1S/C17H25N7/c1-12(2)15-4-16(19-10-18-15)24-7-13-5-23(6-14(13)8-24)9-17-21-20-11-22(17)3/h4,10-14H,5-9H2,1-3H3. The number of fused-ring (bicyclic) bond motifs is 1. The summed E-state index contributed by atoms with van der Waals surface area (Å²) in [4.78, 5) is 13.8. The van der Waals surface area contributed by atoms with E-state index < -0.39 is 0 Å². The predicted molar refractivity (Wildman–Crippen MR) is 91.6 cm³/mol. The van der Waals surface area contributed by atoms with Gasteiger partial charge in [0, 0.05) is 45.0 Å². The minimum atomic E-state index is 0.440. The number of aryl methyl sites for hydroxylation is 1. The molecule has 0 bridgehead atoms. The van der Waals surface area contributed by atoms with Crippen LogP contribution < -0.4 is 4.90 Å². The predicted octanol–water partition coefficient (Wildman–Crippen LogP) is 1.30. The molecule has 0 radical (unpaired) electrons. The summed E-state index contributed by atoms with van der Waals surface area (Å²) in [5.41, 5.74) is 1.13. The maximum Gasteiger partial charge on any atom is 0.146 e. The van der Waals surface area contributed by atoms with Crippen LogP contribution in [0.5, 0.6) is 0 Å². The Morgan fingerprint density at radius 2 is 1.88 bits per heavy atom. The van der Waals surface area contributed by atoms with Gasteiger partial charge in [-0.25, -0.2) is 9.97 Å². The first-order valence-corrected chi connectivity index (χ1v) is 8.72. The third-order valence-corrected chi connectivity index (χ3v) is 5.32. The highest BCUT2D eigenvalue weighted by atomic mass is 15.3. The monoisotopic (exact) mass is 327 g/mol. The van der Waals surface area contributed by atoms with Crippen LogP contribution in [0, 0.1) is 11.8 Å². The maximum atomic E-state index is 4.50. The van der Waals surface area contributed by atoms with Gasteiger partial charge in [-0.3, -0.25) is 4.90 Å². The van der Waals surface area contributed by atoms with Gasteiger partial charge >= 0.3 is 0 Å². The third-order valence-electron chi connectivity index (χ3n) is 5.32. The Balaban J connectivity index is 1.39. The number of anilines is 1. The SMILES string of the molecule is CC(C)c1cc(N2CC3CN(Cc4nncn4C)CC3C2)ncn1. The minimum Gasteiger partial charge on any atom is -0.356 e. The lowest BCUT2D eigenvalue weighted by Gasteiger charge is -2.22. The molecule has 24 heavy (non-hydrogen) atoms. The summed E-state index contributed by atoms with van der Waals surface area (Å²) in [5.74, 6) is 4.01. The number of nitrogens with zero attached hydrogens (tertiary/aromatic N) is 7. The van der Waals surface area contributed by atoms with Crippen molar-refractivity contribution in [2.45, 2.75) is 26.3 Å². The molecule has 0 saturated carbocycles. The minimum absolute atomic E-state index is 0.440. The van der Waals surface area contributed by atoms with Crippen LogP contribution in [0.25, 0.3) is 0 Å². The summed E-state index contributed by atoms with van der Waals surface area (Å²) < 4.78 is 2.01. The van der Waals surface area contributed by atoms with E-state index in [0.29, 0.717) is 5.92 Å². The number of hydrogen-bond donors (Lipinski definition) is 0. The van der Waals surface area contributed by atoms with E-state index >= 15 is 0 Å². The van der Waals surface area contributed by atoms with Crippen LogP contribution in [0.4, 0.5) is 5.82 Å². The number of likely N-dealkylation sites (tertiary alicyclic amines) is 1. The second-order valence-corrected chi connectivity index (χ2v) is 7.43. The zero-order valence-corrected chi connectivity index (χ0v) is 14.6. The normalized spacial score (nSPS) is 24.1. The fraction of sp³-hybridized carbons (Fsp3) is 0.647. The Hall–Kier alpha value is -2.02. The molecule has 2 aliphatic heterocycles. The fourth-order valence-electron chi connectivity index (χ4n) is 3.91. The average molecular weight is 327 g/mol. The summed E-state index contributed by atoms with van der Waals surface area (Å²) in [6, 6.07) is 2.16. The van der Waals surface area contributed by atoms with E-state index in [4.69, 9.17) is 0 Å². The van der Waals surface area contributed by atoms with Crippen LogP contribution in [0.2, 0.25) is 0 Å². The molecular formula is C17H25N7. The second kappa shape index (κ2) is 6.12. The molecule has 0 spiro atoms. The molecule has 2 atom stereocenters. The van der Waals surface area contributed by atoms with Crippen molar-refractivity contribution in [1.82, 2.24) is 29.6 Å². The number of aromatic nitrogens is 5. The van der Waals surface area contributed by atoms with Gasteiger partial charge in [-0.2, -0.15) is 0 Å². The first kappa shape index (κ1) is 15.5. The van der Waals surface area contributed by atoms with Crippen molar-refractivity contribution in [3.63, 3.8) is 0 Å². The Morgan fingerprint density at radius 3 is 2.50 bits per heavy atom. The average Bonchev–Trinajstić information content (AvgIpc) is 3.23. The van der Waals surface area contributed by atoms with Gasteiger partial charge in [0.2, 0.25) is 0 Å². The third kappa shape index (κ3) is 2.88. The molecule has 0 N–H and O–H groups in total. The maximum absolute atomic E-state index is 4.50. The van der Waals surface area contributed by atoms with Crippen LogP contribution in [-0.4, -0.2) is 55.8 Å². The van der Waals surface area contributed by atoms with Gasteiger partial charge in [0.15, 0.2) is 0 Å². The van der Waals surface area contributed by atoms with Crippen molar-refractivity contribution in [1.29, 1.82) is 0 Å². The molecule has 2 unspecified atom stereocenters. The van der Waals surface area contributed by atoms with Gasteiger partial charge in [-0.05, 0) is 17.8 Å². The van der Waals surface area contributed by atoms with Crippen LogP contribution in [-0.2, 0) is 13.6 Å². The van der Waals surface area contributed by atoms with Crippen molar-refractivity contribution < 1.29 is 0 Å². The zero-order valence-electron chi connectivity index (χ0n) is 14.6. The van der Waals surface area contributed by atoms with Gasteiger partial charge in [0.25, 0.3) is 0 Å². The lowest BCUT2D eigenvalue weighted by atomic mass is 10.0. The molecule has 4 rings (SSSR count). The fourth-order valence-corrected chi connectivity index (χ4v) is 3.91. The summed E-state index contributed by atoms with van der Waals surface area (Å²) in [6.45, 7) is 9.70. The summed E-state index contributed by atoms with van der Waals surface area (Å²) in [6.07, 6.45) is 3.48. The molecule has 0 aliphatic carbocycles. The van der Waals surface area contributed by atoms with E-state index in [1.807, 2.05) is 11.6 Å². The van der Waals surface area contributed by atoms with E-state index in [1.54, 1.807) is 12.7 Å². The van der Waals surface area contributed by atoms with Crippen molar-refractivity contribution >= 4 is 5.82 Å². The quantitative estimate of drug-likeness (QED) is 0.843. The highest BCUT2D eigenvalue weighted by Crippen LogP contribution is 2.34. The molecule has 7 heteroatoms. The van der Waals surface area contributed by atoms with E-state index in [0.717, 1.165) is 61.9 Å². The number of hydrogen-bond acceptors (Lipinski definition) is 6. The summed E-state index contributed by atoms with van der Waals surface area (Å²) in [7, 11) is 2.01. The first-order chi connectivity index (χ1) is 11.6. The highest BCUT2D eigenvalue weighted by molar-refractivity contribution is 5.41. The zero-order chi connectivity index (χ0) is 16.7. The van der Waals surface area contributed by atoms with Crippen LogP contribution in [0.3, 0.4) is 0 Å². The van der Waals surface area contributed by atoms with Gasteiger partial charge in [-0.1, -0.05) is 13.8 Å². The molecule has 128 valence electrons. The topological polar surface area (TPSA) is 63.0 Å². The Kier molecular flexibility index (Phi) is 3.96. The van der Waals surface area contributed by atoms with Crippen molar-refractivity contribution in [2.24, 2.45) is 18.9 Å². The largest absolute Gasteiger partial charge is 0.356 e. The molecular weight excluding hydrogens is 302 g/mol. The van der Waals surface area contributed by atoms with Gasteiger partial charge in [-0.15, -0.1) is 10.2 Å². The number of rotatable bonds is 4. The molecule has 7 nitrogen and oxygen atoms in total. The summed E-state index contributed by atoms with van der Waals surface area (Å²) in [5, 5.41) is 8.18. The van der Waals surface area contributed by atoms with E-state index in [9.17, 15) is 0 Å². The molecule has 4 heterocycles. The van der Waals surface area contributed by atoms with Crippen molar-refractivity contribution in [3.05, 3.63) is 30.2 Å². The van der Waals surface area contributed by atoms with Gasteiger partial charge < -0.3 is 9.47 Å². The highest BCUT2D eigenvalue weighted by Gasteiger charge is 2.40. The van der Waals surface area contributed by atoms with Crippen molar-refractivity contribution in [3.8, 4) is 0 Å². The Morgan fingerprint density at radius 1 is 1.12 bits per heavy atom. The molecule has 0 aromatic carbocycles. The first-order valence-electron chi connectivity index (χ1n) is 8.72. The Labute approximate surface area is 142 Å². The van der Waals surface area contributed by atoms with E-state index in [1.165, 1.54) is 0 Å². The van der Waals surface area contributed by atoms with E-state index in [2.05, 4.69) is 49.9 Å².